The Bertz CT molecular complexity index is 441. The molecule has 1 atom stereocenters. The zero-order valence-electron chi connectivity index (χ0n) is 12.2. The Hall–Kier alpha value is -1.14. The van der Waals surface area contributed by atoms with Crippen molar-refractivity contribution in [3.05, 3.63) is 34.9 Å². The van der Waals surface area contributed by atoms with Gasteiger partial charge in [-0.05, 0) is 24.6 Å². The molecule has 0 heterocycles. The van der Waals surface area contributed by atoms with E-state index in [1.807, 2.05) is 25.1 Å². The van der Waals surface area contributed by atoms with Crippen molar-refractivity contribution in [3.63, 3.8) is 0 Å². The van der Waals surface area contributed by atoms with Crippen LogP contribution >= 0.6 is 11.6 Å². The Kier molecular flexibility index (Phi) is 8.30. The van der Waals surface area contributed by atoms with Crippen molar-refractivity contribution in [3.8, 4) is 0 Å². The highest BCUT2D eigenvalue weighted by Gasteiger charge is 2.14. The second-order valence-corrected chi connectivity index (χ2v) is 5.30. The van der Waals surface area contributed by atoms with Gasteiger partial charge in [-0.25, -0.2) is 0 Å². The van der Waals surface area contributed by atoms with E-state index in [-0.39, 0.29) is 19.7 Å². The van der Waals surface area contributed by atoms with Gasteiger partial charge in [0.1, 0.15) is 0 Å². The van der Waals surface area contributed by atoms with Crippen LogP contribution < -0.4 is 0 Å². The molecule has 0 aromatic heterocycles. The first-order chi connectivity index (χ1) is 10.0. The number of carboxylic acid groups (broad SMARTS) is 1. The van der Waals surface area contributed by atoms with Gasteiger partial charge in [-0.2, -0.15) is 0 Å². The van der Waals surface area contributed by atoms with Crippen molar-refractivity contribution >= 4 is 17.6 Å². The van der Waals surface area contributed by atoms with Crippen LogP contribution in [-0.2, 0) is 16.1 Å². The van der Waals surface area contributed by atoms with Crippen LogP contribution in [0.1, 0.15) is 18.9 Å². The van der Waals surface area contributed by atoms with Gasteiger partial charge in [0.05, 0.1) is 25.9 Å². The number of benzene rings is 1. The lowest BCUT2D eigenvalue weighted by Gasteiger charge is -2.22. The Morgan fingerprint density at radius 2 is 2.14 bits per heavy atom. The number of aliphatic hydroxyl groups excluding tert-OH is 1. The number of hydrogen-bond donors (Lipinski definition) is 2. The van der Waals surface area contributed by atoms with Crippen LogP contribution in [0.2, 0.25) is 5.02 Å². The first-order valence-corrected chi connectivity index (χ1v) is 7.34. The smallest absolute Gasteiger partial charge is 0.317 e. The van der Waals surface area contributed by atoms with E-state index in [1.54, 1.807) is 11.0 Å². The molecule has 5 nitrogen and oxygen atoms in total. The number of halogens is 1. The fraction of sp³-hybridized carbons (Fsp3) is 0.533. The van der Waals surface area contributed by atoms with Crippen LogP contribution in [0.5, 0.6) is 0 Å². The standard InChI is InChI=1S/C15H22ClNO4/c1-2-7-17(9-15(19)20)8-13(18)11-21-10-12-5-3-4-6-14(12)16/h3-6,13,18H,2,7-11H2,1H3,(H,19,20). The number of rotatable bonds is 10. The molecule has 0 bridgehead atoms. The predicted molar refractivity (Wildman–Crippen MR) is 81.5 cm³/mol. The molecule has 0 fully saturated rings. The molecule has 0 aliphatic carbocycles. The van der Waals surface area contributed by atoms with E-state index in [0.717, 1.165) is 12.0 Å². The number of aliphatic hydroxyl groups is 1. The number of hydrogen-bond acceptors (Lipinski definition) is 4. The molecule has 1 aromatic carbocycles. The number of nitrogens with zero attached hydrogens (tertiary/aromatic N) is 1. The van der Waals surface area contributed by atoms with E-state index in [1.165, 1.54) is 0 Å². The van der Waals surface area contributed by atoms with Crippen molar-refractivity contribution in [2.45, 2.75) is 26.1 Å². The summed E-state index contributed by atoms with van der Waals surface area (Å²) in [7, 11) is 0. The van der Waals surface area contributed by atoms with Gasteiger partial charge in [0.25, 0.3) is 0 Å². The Balaban J connectivity index is 2.33. The van der Waals surface area contributed by atoms with Gasteiger partial charge in [-0.1, -0.05) is 36.7 Å². The monoisotopic (exact) mass is 315 g/mol. The van der Waals surface area contributed by atoms with Crippen molar-refractivity contribution in [1.82, 2.24) is 4.90 Å². The summed E-state index contributed by atoms with van der Waals surface area (Å²) in [6.07, 6.45) is 0.110. The molecule has 1 unspecified atom stereocenters. The third-order valence-corrected chi connectivity index (χ3v) is 3.26. The minimum atomic E-state index is -0.896. The lowest BCUT2D eigenvalue weighted by atomic mass is 10.2. The summed E-state index contributed by atoms with van der Waals surface area (Å²) >= 11 is 6.01. The van der Waals surface area contributed by atoms with Crippen molar-refractivity contribution < 1.29 is 19.7 Å². The average Bonchev–Trinajstić information content (AvgIpc) is 2.40. The molecule has 0 aliphatic heterocycles. The summed E-state index contributed by atoms with van der Waals surface area (Å²) in [5.74, 6) is -0.896. The molecule has 0 radical (unpaired) electrons. The first-order valence-electron chi connectivity index (χ1n) is 6.96. The molecule has 0 saturated heterocycles. The third kappa shape index (κ3) is 7.43. The molecule has 0 saturated carbocycles. The predicted octanol–water partition coefficient (Wildman–Crippen LogP) is 2.01. The molecule has 1 aromatic rings. The van der Waals surface area contributed by atoms with Crippen LogP contribution in [-0.4, -0.2) is 53.4 Å². The highest BCUT2D eigenvalue weighted by molar-refractivity contribution is 6.31. The van der Waals surface area contributed by atoms with Crippen LogP contribution in [0.25, 0.3) is 0 Å². The van der Waals surface area contributed by atoms with Crippen molar-refractivity contribution in [1.29, 1.82) is 0 Å². The highest BCUT2D eigenvalue weighted by Crippen LogP contribution is 2.15. The van der Waals surface area contributed by atoms with Gasteiger partial charge in [0.2, 0.25) is 0 Å². The molecule has 0 aliphatic rings. The number of ether oxygens (including phenoxy) is 1. The number of carbonyl (C=O) groups is 1. The molecule has 118 valence electrons. The second kappa shape index (κ2) is 9.73. The highest BCUT2D eigenvalue weighted by atomic mass is 35.5. The molecule has 2 N–H and O–H groups in total. The first kappa shape index (κ1) is 17.9. The molecule has 1 rings (SSSR count). The fourth-order valence-corrected chi connectivity index (χ4v) is 2.20. The van der Waals surface area contributed by atoms with Gasteiger partial charge in [-0.15, -0.1) is 0 Å². The maximum Gasteiger partial charge on any atom is 0.317 e. The Morgan fingerprint density at radius 3 is 2.76 bits per heavy atom. The van der Waals surface area contributed by atoms with E-state index in [9.17, 15) is 9.90 Å². The second-order valence-electron chi connectivity index (χ2n) is 4.89. The summed E-state index contributed by atoms with van der Waals surface area (Å²) in [5, 5.41) is 19.4. The SMILES string of the molecule is CCCN(CC(=O)O)CC(O)COCc1ccccc1Cl. The Labute approximate surface area is 130 Å². The largest absolute Gasteiger partial charge is 0.480 e. The summed E-state index contributed by atoms with van der Waals surface area (Å²) in [6.45, 7) is 3.27. The third-order valence-electron chi connectivity index (χ3n) is 2.89. The molecule has 0 amide bonds. The van der Waals surface area contributed by atoms with Crippen LogP contribution in [0, 0.1) is 0 Å². The molecule has 21 heavy (non-hydrogen) atoms. The lowest BCUT2D eigenvalue weighted by Crippen LogP contribution is -2.38. The quantitative estimate of drug-likeness (QED) is 0.691. The van der Waals surface area contributed by atoms with Gasteiger partial charge in [-0.3, -0.25) is 9.69 Å². The van der Waals surface area contributed by atoms with E-state index >= 15 is 0 Å². The molecular formula is C15H22ClNO4. The topological polar surface area (TPSA) is 70.0 Å². The summed E-state index contributed by atoms with van der Waals surface area (Å²) in [5.41, 5.74) is 0.863. The Morgan fingerprint density at radius 1 is 1.43 bits per heavy atom. The molecular weight excluding hydrogens is 294 g/mol. The minimum Gasteiger partial charge on any atom is -0.480 e. The van der Waals surface area contributed by atoms with Crippen molar-refractivity contribution in [2.24, 2.45) is 0 Å². The van der Waals surface area contributed by atoms with E-state index in [2.05, 4.69) is 0 Å². The fourth-order valence-electron chi connectivity index (χ4n) is 2.01. The van der Waals surface area contributed by atoms with E-state index in [0.29, 0.717) is 18.2 Å². The van der Waals surface area contributed by atoms with E-state index in [4.69, 9.17) is 21.4 Å². The van der Waals surface area contributed by atoms with Crippen LogP contribution in [0.4, 0.5) is 0 Å². The maximum absolute atomic E-state index is 10.7. The van der Waals surface area contributed by atoms with Gasteiger partial charge in [0, 0.05) is 11.6 Å². The summed E-state index contributed by atoms with van der Waals surface area (Å²) in [6, 6.07) is 7.36. The van der Waals surface area contributed by atoms with E-state index < -0.39 is 12.1 Å². The van der Waals surface area contributed by atoms with Gasteiger partial charge >= 0.3 is 5.97 Å². The zero-order chi connectivity index (χ0) is 15.7. The van der Waals surface area contributed by atoms with Crippen molar-refractivity contribution in [2.75, 3.05) is 26.2 Å². The lowest BCUT2D eigenvalue weighted by molar-refractivity contribution is -0.138. The maximum atomic E-state index is 10.7. The van der Waals surface area contributed by atoms with Crippen LogP contribution in [0.15, 0.2) is 24.3 Å². The molecule has 0 spiro atoms. The van der Waals surface area contributed by atoms with Gasteiger partial charge < -0.3 is 14.9 Å². The van der Waals surface area contributed by atoms with Crippen LogP contribution in [0.3, 0.4) is 0 Å². The summed E-state index contributed by atoms with van der Waals surface area (Å²) in [4.78, 5) is 12.4. The minimum absolute atomic E-state index is 0.0740. The molecule has 6 heteroatoms. The summed E-state index contributed by atoms with van der Waals surface area (Å²) < 4.78 is 5.44. The van der Waals surface area contributed by atoms with Gasteiger partial charge in [0.15, 0.2) is 0 Å². The normalized spacial score (nSPS) is 12.6. The number of aliphatic carboxylic acids is 1. The average molecular weight is 316 g/mol. The number of carboxylic acids is 1. The zero-order valence-corrected chi connectivity index (χ0v) is 12.9.